The molecular formula is C9H8O4S. The standard InChI is InChI=1S/C9H8O4S/c1-13-9(12)8(11)4-7(10)6-2-3-14-5-6/h2-5,11H,1H3. The molecule has 0 bridgehead atoms. The molecule has 0 unspecified atom stereocenters. The lowest BCUT2D eigenvalue weighted by molar-refractivity contribution is -0.139. The number of esters is 1. The summed E-state index contributed by atoms with van der Waals surface area (Å²) in [5, 5.41) is 12.4. The van der Waals surface area contributed by atoms with Crippen LogP contribution >= 0.6 is 11.3 Å². The zero-order valence-electron chi connectivity index (χ0n) is 7.39. The number of methoxy groups -OCH3 is 1. The van der Waals surface area contributed by atoms with E-state index in [0.29, 0.717) is 5.56 Å². The molecule has 0 saturated carbocycles. The van der Waals surface area contributed by atoms with Crippen molar-refractivity contribution in [2.75, 3.05) is 7.11 Å². The number of thiophene rings is 1. The maximum atomic E-state index is 11.3. The molecule has 1 N–H and O–H groups in total. The summed E-state index contributed by atoms with van der Waals surface area (Å²) in [6.45, 7) is 0. The minimum atomic E-state index is -0.923. The van der Waals surface area contributed by atoms with Crippen molar-refractivity contribution in [3.05, 3.63) is 34.2 Å². The van der Waals surface area contributed by atoms with Crippen molar-refractivity contribution >= 4 is 23.1 Å². The normalized spacial score (nSPS) is 11.1. The van der Waals surface area contributed by atoms with Gasteiger partial charge in [-0.3, -0.25) is 4.79 Å². The van der Waals surface area contributed by atoms with Gasteiger partial charge in [-0.15, -0.1) is 0 Å². The van der Waals surface area contributed by atoms with E-state index < -0.39 is 17.5 Å². The number of hydrogen-bond donors (Lipinski definition) is 1. The monoisotopic (exact) mass is 212 g/mol. The van der Waals surface area contributed by atoms with Crippen LogP contribution in [0.15, 0.2) is 28.7 Å². The highest BCUT2D eigenvalue weighted by atomic mass is 32.1. The largest absolute Gasteiger partial charge is 0.502 e. The molecule has 0 aromatic carbocycles. The molecule has 4 nitrogen and oxygen atoms in total. The number of carbonyl (C=O) groups is 2. The zero-order valence-corrected chi connectivity index (χ0v) is 8.21. The fraction of sp³-hybridized carbons (Fsp3) is 0.111. The Morgan fingerprint density at radius 1 is 1.57 bits per heavy atom. The van der Waals surface area contributed by atoms with E-state index in [4.69, 9.17) is 5.11 Å². The first-order valence-electron chi connectivity index (χ1n) is 3.70. The number of ether oxygens (including phenoxy) is 1. The number of rotatable bonds is 3. The van der Waals surface area contributed by atoms with E-state index in [9.17, 15) is 9.59 Å². The lowest BCUT2D eigenvalue weighted by Gasteiger charge is -1.95. The third-order valence-corrected chi connectivity index (χ3v) is 2.15. The summed E-state index contributed by atoms with van der Waals surface area (Å²) in [5.74, 6) is -2.04. The van der Waals surface area contributed by atoms with Crippen LogP contribution < -0.4 is 0 Å². The van der Waals surface area contributed by atoms with Gasteiger partial charge >= 0.3 is 5.97 Å². The van der Waals surface area contributed by atoms with E-state index in [1.807, 2.05) is 0 Å². The van der Waals surface area contributed by atoms with Crippen LogP contribution in [-0.2, 0) is 9.53 Å². The van der Waals surface area contributed by atoms with Crippen molar-refractivity contribution < 1.29 is 19.4 Å². The predicted octanol–water partition coefficient (Wildman–Crippen LogP) is 1.55. The first kappa shape index (κ1) is 10.5. The number of aliphatic hydroxyl groups excluding tert-OH is 1. The Balaban J connectivity index is 2.78. The molecule has 14 heavy (non-hydrogen) atoms. The molecular weight excluding hydrogens is 204 g/mol. The Labute approximate surface area is 84.4 Å². The molecule has 74 valence electrons. The average Bonchev–Trinajstić information content (AvgIpc) is 2.69. The first-order valence-corrected chi connectivity index (χ1v) is 4.65. The van der Waals surface area contributed by atoms with Crippen molar-refractivity contribution in [2.45, 2.75) is 0 Å². The maximum Gasteiger partial charge on any atom is 0.373 e. The van der Waals surface area contributed by atoms with E-state index in [1.165, 1.54) is 11.3 Å². The van der Waals surface area contributed by atoms with E-state index in [-0.39, 0.29) is 0 Å². The molecule has 1 aromatic heterocycles. The summed E-state index contributed by atoms with van der Waals surface area (Å²) in [7, 11) is 1.13. The maximum absolute atomic E-state index is 11.3. The fourth-order valence-corrected chi connectivity index (χ4v) is 1.42. The van der Waals surface area contributed by atoms with E-state index in [0.717, 1.165) is 13.2 Å². The number of ketones is 1. The van der Waals surface area contributed by atoms with E-state index >= 15 is 0 Å². The molecule has 1 heterocycles. The number of hydrogen-bond acceptors (Lipinski definition) is 5. The highest BCUT2D eigenvalue weighted by Gasteiger charge is 2.10. The van der Waals surface area contributed by atoms with E-state index in [1.54, 1.807) is 16.8 Å². The Hall–Kier alpha value is -1.62. The number of aliphatic hydroxyl groups is 1. The van der Waals surface area contributed by atoms with Gasteiger partial charge in [-0.25, -0.2) is 4.79 Å². The smallest absolute Gasteiger partial charge is 0.373 e. The molecule has 0 aliphatic carbocycles. The third kappa shape index (κ3) is 2.43. The molecule has 5 heteroatoms. The van der Waals surface area contributed by atoms with Gasteiger partial charge in [0.2, 0.25) is 5.76 Å². The van der Waals surface area contributed by atoms with Crippen LogP contribution in [0.1, 0.15) is 10.4 Å². The van der Waals surface area contributed by atoms with Gasteiger partial charge in [0.05, 0.1) is 7.11 Å². The molecule has 0 atom stereocenters. The van der Waals surface area contributed by atoms with Gasteiger partial charge in [0, 0.05) is 17.0 Å². The Morgan fingerprint density at radius 3 is 2.79 bits per heavy atom. The van der Waals surface area contributed by atoms with Crippen LogP contribution in [0.25, 0.3) is 0 Å². The predicted molar refractivity (Wildman–Crippen MR) is 51.4 cm³/mol. The summed E-state index contributed by atoms with van der Waals surface area (Å²) in [5.41, 5.74) is 0.436. The van der Waals surface area contributed by atoms with Crippen molar-refractivity contribution in [3.63, 3.8) is 0 Å². The second-order valence-corrected chi connectivity index (χ2v) is 3.18. The van der Waals surface area contributed by atoms with Gasteiger partial charge in [0.15, 0.2) is 5.78 Å². The number of allylic oxidation sites excluding steroid dienone is 1. The third-order valence-electron chi connectivity index (χ3n) is 1.47. The minimum Gasteiger partial charge on any atom is -0.502 e. The second kappa shape index (κ2) is 4.57. The van der Waals surface area contributed by atoms with Crippen LogP contribution in [0.3, 0.4) is 0 Å². The van der Waals surface area contributed by atoms with Crippen LogP contribution in [0, 0.1) is 0 Å². The SMILES string of the molecule is COC(=O)C(O)=CC(=O)c1ccsc1. The summed E-state index contributed by atoms with van der Waals surface area (Å²) in [6, 6.07) is 1.61. The zero-order chi connectivity index (χ0) is 10.6. The van der Waals surface area contributed by atoms with Gasteiger partial charge in [-0.2, -0.15) is 11.3 Å². The molecule has 0 fully saturated rings. The molecule has 1 aromatic rings. The van der Waals surface area contributed by atoms with Gasteiger partial charge < -0.3 is 9.84 Å². The number of carbonyl (C=O) groups excluding carboxylic acids is 2. The highest BCUT2D eigenvalue weighted by Crippen LogP contribution is 2.08. The molecule has 0 saturated heterocycles. The first-order chi connectivity index (χ1) is 6.65. The molecule has 0 radical (unpaired) electrons. The molecule has 1 rings (SSSR count). The van der Waals surface area contributed by atoms with Gasteiger partial charge in [0.1, 0.15) is 0 Å². The van der Waals surface area contributed by atoms with Gasteiger partial charge in [0.25, 0.3) is 0 Å². The van der Waals surface area contributed by atoms with Crippen molar-refractivity contribution in [3.8, 4) is 0 Å². The van der Waals surface area contributed by atoms with Crippen molar-refractivity contribution in [1.82, 2.24) is 0 Å². The molecule has 0 aliphatic rings. The molecule has 0 aliphatic heterocycles. The van der Waals surface area contributed by atoms with Crippen LogP contribution in [0.2, 0.25) is 0 Å². The average molecular weight is 212 g/mol. The van der Waals surface area contributed by atoms with Crippen LogP contribution in [0.4, 0.5) is 0 Å². The Kier molecular flexibility index (Phi) is 3.41. The highest BCUT2D eigenvalue weighted by molar-refractivity contribution is 7.08. The van der Waals surface area contributed by atoms with Gasteiger partial charge in [-0.05, 0) is 11.4 Å². The summed E-state index contributed by atoms with van der Waals surface area (Å²) >= 11 is 1.36. The Bertz CT molecular complexity index is 364. The van der Waals surface area contributed by atoms with Crippen LogP contribution in [-0.4, -0.2) is 24.0 Å². The lowest BCUT2D eigenvalue weighted by atomic mass is 10.2. The van der Waals surface area contributed by atoms with Crippen LogP contribution in [0.5, 0.6) is 0 Å². The molecule has 0 spiro atoms. The second-order valence-electron chi connectivity index (χ2n) is 2.40. The minimum absolute atomic E-state index is 0.422. The quantitative estimate of drug-likeness (QED) is 0.357. The summed E-state index contributed by atoms with van der Waals surface area (Å²) < 4.78 is 4.22. The topological polar surface area (TPSA) is 63.6 Å². The van der Waals surface area contributed by atoms with Crippen molar-refractivity contribution in [2.24, 2.45) is 0 Å². The van der Waals surface area contributed by atoms with E-state index in [2.05, 4.69) is 4.74 Å². The lowest BCUT2D eigenvalue weighted by Crippen LogP contribution is -2.06. The van der Waals surface area contributed by atoms with Gasteiger partial charge in [-0.1, -0.05) is 0 Å². The summed E-state index contributed by atoms with van der Waals surface area (Å²) in [6.07, 6.45) is 0.841. The molecule has 0 amide bonds. The Morgan fingerprint density at radius 2 is 2.29 bits per heavy atom. The summed E-state index contributed by atoms with van der Waals surface area (Å²) in [4.78, 5) is 22.0. The fourth-order valence-electron chi connectivity index (χ4n) is 0.776. The van der Waals surface area contributed by atoms with Crippen molar-refractivity contribution in [1.29, 1.82) is 0 Å².